The molecule has 1 aliphatic carbocycles. The molecule has 2 aromatic carbocycles. The second kappa shape index (κ2) is 5.60. The van der Waals surface area contributed by atoms with Gasteiger partial charge < -0.3 is 9.84 Å². The molecule has 108 valence electrons. The number of carbonyl (C=O) groups is 1. The number of aryl methyl sites for hydroxylation is 1. The molecule has 0 aliphatic heterocycles. The Morgan fingerprint density at radius 2 is 1.95 bits per heavy atom. The number of methoxy groups -OCH3 is 1. The van der Waals surface area contributed by atoms with Crippen LogP contribution in [0.5, 0.6) is 11.5 Å². The van der Waals surface area contributed by atoms with Crippen LogP contribution in [0.2, 0.25) is 0 Å². The van der Waals surface area contributed by atoms with Gasteiger partial charge in [0.25, 0.3) is 0 Å². The smallest absolute Gasteiger partial charge is 0.166 e. The number of fused-ring (bicyclic) bond motifs is 1. The molecule has 3 nitrogen and oxygen atoms in total. The molecular formula is C18H18O3. The Balaban J connectivity index is 1.80. The maximum absolute atomic E-state index is 12.6. The lowest BCUT2D eigenvalue weighted by Crippen LogP contribution is -2.24. The van der Waals surface area contributed by atoms with E-state index in [1.807, 2.05) is 30.3 Å². The molecule has 21 heavy (non-hydrogen) atoms. The zero-order valence-corrected chi connectivity index (χ0v) is 12.0. The van der Waals surface area contributed by atoms with Crippen molar-refractivity contribution in [2.24, 2.45) is 5.92 Å². The quantitative estimate of drug-likeness (QED) is 0.938. The van der Waals surface area contributed by atoms with Crippen molar-refractivity contribution in [2.75, 3.05) is 7.11 Å². The van der Waals surface area contributed by atoms with E-state index < -0.39 is 0 Å². The summed E-state index contributed by atoms with van der Waals surface area (Å²) in [5.74, 6) is 1.30. The first-order chi connectivity index (χ1) is 10.2. The third-order valence-electron chi connectivity index (χ3n) is 4.13. The van der Waals surface area contributed by atoms with Gasteiger partial charge in [-0.15, -0.1) is 0 Å². The maximum atomic E-state index is 12.6. The number of phenols is 1. The average molecular weight is 282 g/mol. The molecule has 2 aromatic rings. The first kappa shape index (κ1) is 13.7. The maximum Gasteiger partial charge on any atom is 0.166 e. The van der Waals surface area contributed by atoms with Crippen molar-refractivity contribution < 1.29 is 14.6 Å². The van der Waals surface area contributed by atoms with Gasteiger partial charge in [-0.3, -0.25) is 4.79 Å². The SMILES string of the molecule is COc1ccc2c(c1)CC[C@@H](Cc1ccc(O)cc1)C2=O. The number of benzene rings is 2. The molecule has 1 atom stereocenters. The van der Waals surface area contributed by atoms with Gasteiger partial charge >= 0.3 is 0 Å². The highest BCUT2D eigenvalue weighted by Gasteiger charge is 2.27. The van der Waals surface area contributed by atoms with Crippen LogP contribution in [0.3, 0.4) is 0 Å². The van der Waals surface area contributed by atoms with Gasteiger partial charge in [0, 0.05) is 11.5 Å². The summed E-state index contributed by atoms with van der Waals surface area (Å²) in [6.07, 6.45) is 2.49. The third kappa shape index (κ3) is 2.77. The monoisotopic (exact) mass is 282 g/mol. The van der Waals surface area contributed by atoms with Gasteiger partial charge in [0.1, 0.15) is 11.5 Å². The van der Waals surface area contributed by atoms with E-state index in [1.165, 1.54) is 0 Å². The Hall–Kier alpha value is -2.29. The summed E-state index contributed by atoms with van der Waals surface area (Å²) in [6.45, 7) is 0. The number of phenolic OH excluding ortho intramolecular Hbond substituents is 1. The van der Waals surface area contributed by atoms with Crippen LogP contribution >= 0.6 is 0 Å². The van der Waals surface area contributed by atoms with E-state index in [9.17, 15) is 9.90 Å². The molecule has 0 amide bonds. The molecule has 0 fully saturated rings. The summed E-state index contributed by atoms with van der Waals surface area (Å²) in [7, 11) is 1.64. The highest BCUT2D eigenvalue weighted by atomic mass is 16.5. The normalized spacial score (nSPS) is 17.4. The molecule has 1 aliphatic rings. The Labute approximate surface area is 124 Å². The molecule has 0 aromatic heterocycles. The molecule has 0 radical (unpaired) electrons. The van der Waals surface area contributed by atoms with E-state index in [0.29, 0.717) is 0 Å². The van der Waals surface area contributed by atoms with Crippen LogP contribution in [0, 0.1) is 5.92 Å². The number of hydrogen-bond donors (Lipinski definition) is 1. The topological polar surface area (TPSA) is 46.5 Å². The highest BCUT2D eigenvalue weighted by Crippen LogP contribution is 2.30. The highest BCUT2D eigenvalue weighted by molar-refractivity contribution is 6.00. The zero-order chi connectivity index (χ0) is 14.8. The minimum absolute atomic E-state index is 0.0236. The number of ether oxygens (including phenoxy) is 1. The number of rotatable bonds is 3. The summed E-state index contributed by atoms with van der Waals surface area (Å²) >= 11 is 0. The molecule has 0 spiro atoms. The number of hydrogen-bond acceptors (Lipinski definition) is 3. The van der Waals surface area contributed by atoms with Crippen LogP contribution in [0.15, 0.2) is 42.5 Å². The second-order valence-corrected chi connectivity index (χ2v) is 5.49. The first-order valence-corrected chi connectivity index (χ1v) is 7.16. The fourth-order valence-corrected chi connectivity index (χ4v) is 2.94. The lowest BCUT2D eigenvalue weighted by molar-refractivity contribution is 0.0901. The predicted octanol–water partition coefficient (Wildman–Crippen LogP) is 3.39. The van der Waals surface area contributed by atoms with Crippen LogP contribution < -0.4 is 4.74 Å². The third-order valence-corrected chi connectivity index (χ3v) is 4.13. The van der Waals surface area contributed by atoms with Gasteiger partial charge in [-0.25, -0.2) is 0 Å². The van der Waals surface area contributed by atoms with E-state index in [-0.39, 0.29) is 17.5 Å². The van der Waals surface area contributed by atoms with Crippen LogP contribution in [0.4, 0.5) is 0 Å². The van der Waals surface area contributed by atoms with E-state index in [4.69, 9.17) is 4.74 Å². The van der Waals surface area contributed by atoms with Crippen molar-refractivity contribution in [1.82, 2.24) is 0 Å². The van der Waals surface area contributed by atoms with Crippen molar-refractivity contribution >= 4 is 5.78 Å². The summed E-state index contributed by atoms with van der Waals surface area (Å²) in [4.78, 5) is 12.6. The Morgan fingerprint density at radius 3 is 2.67 bits per heavy atom. The molecule has 0 saturated heterocycles. The van der Waals surface area contributed by atoms with Crippen molar-refractivity contribution in [1.29, 1.82) is 0 Å². The van der Waals surface area contributed by atoms with Gasteiger partial charge in [-0.1, -0.05) is 12.1 Å². The van der Waals surface area contributed by atoms with Gasteiger partial charge in [0.05, 0.1) is 7.11 Å². The zero-order valence-electron chi connectivity index (χ0n) is 12.0. The van der Waals surface area contributed by atoms with Gasteiger partial charge in [0.2, 0.25) is 0 Å². The van der Waals surface area contributed by atoms with Crippen molar-refractivity contribution in [3.05, 3.63) is 59.2 Å². The average Bonchev–Trinajstić information content (AvgIpc) is 2.52. The van der Waals surface area contributed by atoms with E-state index in [0.717, 1.165) is 41.7 Å². The first-order valence-electron chi connectivity index (χ1n) is 7.16. The van der Waals surface area contributed by atoms with Crippen LogP contribution in [0.25, 0.3) is 0 Å². The van der Waals surface area contributed by atoms with E-state index in [2.05, 4.69) is 0 Å². The Morgan fingerprint density at radius 1 is 1.19 bits per heavy atom. The van der Waals surface area contributed by atoms with Crippen molar-refractivity contribution in [2.45, 2.75) is 19.3 Å². The molecule has 3 heteroatoms. The van der Waals surface area contributed by atoms with Gasteiger partial charge in [-0.05, 0) is 60.7 Å². The molecular weight excluding hydrogens is 264 g/mol. The largest absolute Gasteiger partial charge is 0.508 e. The lowest BCUT2D eigenvalue weighted by Gasteiger charge is -2.23. The molecule has 0 saturated carbocycles. The molecule has 1 N–H and O–H groups in total. The summed E-state index contributed by atoms with van der Waals surface area (Å²) in [6, 6.07) is 12.8. The predicted molar refractivity (Wildman–Crippen MR) is 80.9 cm³/mol. The van der Waals surface area contributed by atoms with Crippen LogP contribution in [-0.2, 0) is 12.8 Å². The van der Waals surface area contributed by atoms with Gasteiger partial charge in [-0.2, -0.15) is 0 Å². The molecule has 0 unspecified atom stereocenters. The molecule has 0 bridgehead atoms. The van der Waals surface area contributed by atoms with E-state index >= 15 is 0 Å². The molecule has 0 heterocycles. The Kier molecular flexibility index (Phi) is 3.65. The summed E-state index contributed by atoms with van der Waals surface area (Å²) in [5, 5.41) is 9.32. The number of Topliss-reactive ketones (excluding diaryl/α,β-unsaturated/α-hetero) is 1. The fraction of sp³-hybridized carbons (Fsp3) is 0.278. The second-order valence-electron chi connectivity index (χ2n) is 5.49. The lowest BCUT2D eigenvalue weighted by atomic mass is 9.79. The van der Waals surface area contributed by atoms with Crippen LogP contribution in [0.1, 0.15) is 27.9 Å². The van der Waals surface area contributed by atoms with Crippen molar-refractivity contribution in [3.8, 4) is 11.5 Å². The van der Waals surface area contributed by atoms with Gasteiger partial charge in [0.15, 0.2) is 5.78 Å². The van der Waals surface area contributed by atoms with Crippen LogP contribution in [-0.4, -0.2) is 18.0 Å². The number of ketones is 1. The van der Waals surface area contributed by atoms with Crippen molar-refractivity contribution in [3.63, 3.8) is 0 Å². The van der Waals surface area contributed by atoms with E-state index in [1.54, 1.807) is 19.2 Å². The summed E-state index contributed by atoms with van der Waals surface area (Å²) in [5.41, 5.74) is 3.00. The standard InChI is InChI=1S/C18H18O3/c1-21-16-8-9-17-13(11-16)4-5-14(18(17)20)10-12-2-6-15(19)7-3-12/h2-3,6-9,11,14,19H,4-5,10H2,1H3/t14-/m0/s1. The minimum Gasteiger partial charge on any atom is -0.508 e. The minimum atomic E-state index is 0.0236. The number of aromatic hydroxyl groups is 1. The Bertz CT molecular complexity index is 659. The molecule has 3 rings (SSSR count). The summed E-state index contributed by atoms with van der Waals surface area (Å²) < 4.78 is 5.21. The number of carbonyl (C=O) groups excluding carboxylic acids is 1. The fourth-order valence-electron chi connectivity index (χ4n) is 2.94.